The van der Waals surface area contributed by atoms with Gasteiger partial charge < -0.3 is 0 Å². The first-order valence-electron chi connectivity index (χ1n) is 11.3. The van der Waals surface area contributed by atoms with E-state index in [1.807, 2.05) is 0 Å². The van der Waals surface area contributed by atoms with Crippen molar-refractivity contribution in [2.75, 3.05) is 0 Å². The molecular weight excluding hydrogens is 384 g/mol. The Bertz CT molecular complexity index is 837. The maximum atomic E-state index is 5.07. The van der Waals surface area contributed by atoms with Crippen LogP contribution in [0.1, 0.15) is 83.8 Å². The Balaban J connectivity index is 1.79. The molecule has 1 heterocycles. The van der Waals surface area contributed by atoms with Gasteiger partial charge >= 0.3 is 0 Å². The van der Waals surface area contributed by atoms with E-state index in [9.17, 15) is 0 Å². The van der Waals surface area contributed by atoms with E-state index in [0.29, 0.717) is 22.3 Å². The average Bonchev–Trinajstić information content (AvgIpc) is 2.74. The molecule has 1 fully saturated rings. The molecule has 2 aromatic carbocycles. The van der Waals surface area contributed by atoms with E-state index in [1.54, 1.807) is 0 Å². The Morgan fingerprint density at radius 1 is 0.733 bits per heavy atom. The van der Waals surface area contributed by atoms with Crippen LogP contribution in [-0.2, 0) is 0 Å². The van der Waals surface area contributed by atoms with E-state index < -0.39 is 0 Å². The fourth-order valence-electron chi connectivity index (χ4n) is 4.12. The molecule has 0 amide bonds. The highest BCUT2D eigenvalue weighted by Crippen LogP contribution is 2.36. The van der Waals surface area contributed by atoms with Crippen molar-refractivity contribution >= 4 is 34.6 Å². The first kappa shape index (κ1) is 22.8. The van der Waals surface area contributed by atoms with Crippen molar-refractivity contribution in [3.05, 3.63) is 59.7 Å². The van der Waals surface area contributed by atoms with Crippen molar-refractivity contribution in [3.63, 3.8) is 0 Å². The van der Waals surface area contributed by atoms with Crippen molar-refractivity contribution < 1.29 is 0 Å². The molecule has 1 saturated heterocycles. The summed E-state index contributed by atoms with van der Waals surface area (Å²) in [5.41, 5.74) is 7.41. The summed E-state index contributed by atoms with van der Waals surface area (Å²) in [6.07, 6.45) is 3.64. The second-order valence-corrected chi connectivity index (χ2v) is 10.4. The fraction of sp³-hybridized carbons (Fsp3) is 0.481. The van der Waals surface area contributed by atoms with Crippen LogP contribution < -0.4 is 0 Å². The van der Waals surface area contributed by atoms with Crippen molar-refractivity contribution in [1.82, 2.24) is 0 Å². The highest BCUT2D eigenvalue weighted by Gasteiger charge is 2.26. The number of para-hydroxylation sites is 2. The van der Waals surface area contributed by atoms with Gasteiger partial charge in [0.15, 0.2) is 0 Å². The first-order valence-corrected chi connectivity index (χ1v) is 12.2. The Hall–Kier alpha value is -1.87. The largest absolute Gasteiger partial charge is 0.257 e. The molecule has 0 radical (unpaired) electrons. The zero-order valence-corrected chi connectivity index (χ0v) is 20.2. The average molecular weight is 421 g/mol. The lowest BCUT2D eigenvalue weighted by molar-refractivity contribution is 0.702. The summed E-state index contributed by atoms with van der Waals surface area (Å²) in [6, 6.07) is 17.1. The smallest absolute Gasteiger partial charge is 0.0663 e. The molecule has 2 aromatic rings. The third-order valence-corrected chi connectivity index (χ3v) is 7.71. The second kappa shape index (κ2) is 10.4. The molecule has 0 bridgehead atoms. The molecule has 3 heteroatoms. The Labute approximate surface area is 187 Å². The zero-order valence-electron chi connectivity index (χ0n) is 19.4. The lowest BCUT2D eigenvalue weighted by Gasteiger charge is -2.29. The highest BCUT2D eigenvalue weighted by molar-refractivity contribution is 8.02. The van der Waals surface area contributed by atoms with Crippen LogP contribution in [0.4, 0.5) is 11.4 Å². The highest BCUT2D eigenvalue weighted by atomic mass is 32.2. The molecule has 2 nitrogen and oxygen atoms in total. The number of rotatable bonds is 6. The third kappa shape index (κ3) is 5.63. The molecular formula is C27H36N2S. The van der Waals surface area contributed by atoms with Gasteiger partial charge in [-0.15, -0.1) is 11.8 Å². The molecule has 0 saturated carbocycles. The molecule has 3 rings (SSSR count). The maximum Gasteiger partial charge on any atom is 0.0663 e. The van der Waals surface area contributed by atoms with Gasteiger partial charge in [-0.2, -0.15) is 0 Å². The van der Waals surface area contributed by atoms with Gasteiger partial charge in [0.1, 0.15) is 0 Å². The van der Waals surface area contributed by atoms with E-state index in [1.165, 1.54) is 41.8 Å². The summed E-state index contributed by atoms with van der Waals surface area (Å²) in [7, 11) is 0. The summed E-state index contributed by atoms with van der Waals surface area (Å²) < 4.78 is 0. The van der Waals surface area contributed by atoms with E-state index in [-0.39, 0.29) is 0 Å². The lowest BCUT2D eigenvalue weighted by Crippen LogP contribution is -2.27. The van der Waals surface area contributed by atoms with Crippen LogP contribution in [0.15, 0.2) is 58.5 Å². The van der Waals surface area contributed by atoms with Crippen molar-refractivity contribution in [1.29, 1.82) is 0 Å². The second-order valence-electron chi connectivity index (χ2n) is 8.98. The quantitative estimate of drug-likeness (QED) is 0.430. The monoisotopic (exact) mass is 420 g/mol. The molecule has 0 aromatic heterocycles. The Morgan fingerprint density at radius 3 is 1.53 bits per heavy atom. The van der Waals surface area contributed by atoms with Crippen molar-refractivity contribution in [2.24, 2.45) is 9.98 Å². The van der Waals surface area contributed by atoms with Crippen LogP contribution >= 0.6 is 11.8 Å². The summed E-state index contributed by atoms with van der Waals surface area (Å²) in [4.78, 5) is 10.1. The van der Waals surface area contributed by atoms with Gasteiger partial charge in [-0.05, 0) is 61.8 Å². The fourth-order valence-corrected chi connectivity index (χ4v) is 5.62. The van der Waals surface area contributed by atoms with E-state index in [4.69, 9.17) is 9.98 Å². The van der Waals surface area contributed by atoms with Gasteiger partial charge in [-0.25, -0.2) is 0 Å². The minimum atomic E-state index is 0.467. The Morgan fingerprint density at radius 2 is 1.13 bits per heavy atom. The van der Waals surface area contributed by atoms with Crippen LogP contribution in [0, 0.1) is 0 Å². The number of nitrogens with zero attached hydrogens (tertiary/aromatic N) is 2. The minimum Gasteiger partial charge on any atom is -0.257 e. The molecule has 0 spiro atoms. The molecule has 2 atom stereocenters. The first-order chi connectivity index (χ1) is 14.4. The molecule has 2 unspecified atom stereocenters. The van der Waals surface area contributed by atoms with Gasteiger partial charge in [-0.1, -0.05) is 70.5 Å². The summed E-state index contributed by atoms with van der Waals surface area (Å²) >= 11 is 2.05. The number of benzene rings is 2. The van der Waals surface area contributed by atoms with Crippen molar-refractivity contribution in [3.8, 4) is 0 Å². The van der Waals surface area contributed by atoms with Gasteiger partial charge in [-0.3, -0.25) is 9.98 Å². The van der Waals surface area contributed by atoms with E-state index >= 15 is 0 Å². The van der Waals surface area contributed by atoms with Gasteiger partial charge in [0, 0.05) is 21.9 Å². The summed E-state index contributed by atoms with van der Waals surface area (Å²) in [5.74, 6) is 0.972. The van der Waals surface area contributed by atoms with Gasteiger partial charge in [0.05, 0.1) is 11.4 Å². The number of hydrogen-bond acceptors (Lipinski definition) is 3. The van der Waals surface area contributed by atoms with Crippen LogP contribution in [0.25, 0.3) is 0 Å². The standard InChI is InChI=1S/C27H36N2S/c1-18(2)22-12-7-9-14-24(22)28-20(5)26-16-11-17-27(30-26)21(6)29-25-15-10-8-13-23(25)19(3)4/h7-10,12-15,18-19,26-27H,11,16-17H2,1-6H3. The predicted octanol–water partition coefficient (Wildman–Crippen LogP) is 8.47. The summed E-state index contributed by atoms with van der Waals surface area (Å²) in [5, 5.41) is 0.934. The topological polar surface area (TPSA) is 24.7 Å². The molecule has 0 N–H and O–H groups in total. The maximum absolute atomic E-state index is 5.07. The SMILES string of the molecule is CC(=Nc1ccccc1C(C)C)C1CCCC(C(C)=Nc2ccccc2C(C)C)S1. The summed E-state index contributed by atoms with van der Waals surface area (Å²) in [6.45, 7) is 13.4. The number of hydrogen-bond donors (Lipinski definition) is 0. The van der Waals surface area contributed by atoms with E-state index in [0.717, 1.165) is 11.4 Å². The van der Waals surface area contributed by atoms with Crippen LogP contribution in [-0.4, -0.2) is 21.9 Å². The predicted molar refractivity (Wildman–Crippen MR) is 136 cm³/mol. The molecule has 1 aliphatic heterocycles. The number of aliphatic imine (C=N–C) groups is 2. The van der Waals surface area contributed by atoms with Crippen LogP contribution in [0.5, 0.6) is 0 Å². The third-order valence-electron chi connectivity index (χ3n) is 5.90. The molecule has 30 heavy (non-hydrogen) atoms. The lowest BCUT2D eigenvalue weighted by atomic mass is 10.0. The van der Waals surface area contributed by atoms with Crippen LogP contribution in [0.2, 0.25) is 0 Å². The van der Waals surface area contributed by atoms with Gasteiger partial charge in [0.2, 0.25) is 0 Å². The normalized spacial score (nSPS) is 20.8. The van der Waals surface area contributed by atoms with Crippen molar-refractivity contribution in [2.45, 2.75) is 83.1 Å². The minimum absolute atomic E-state index is 0.467. The van der Waals surface area contributed by atoms with Gasteiger partial charge in [0.25, 0.3) is 0 Å². The molecule has 160 valence electrons. The Kier molecular flexibility index (Phi) is 7.93. The molecule has 1 aliphatic rings. The zero-order chi connectivity index (χ0) is 21.7. The molecule has 0 aliphatic carbocycles. The number of thioether (sulfide) groups is 1. The van der Waals surface area contributed by atoms with E-state index in [2.05, 4.69) is 102 Å². The van der Waals surface area contributed by atoms with Crippen LogP contribution in [0.3, 0.4) is 0 Å².